The fourth-order valence-electron chi connectivity index (χ4n) is 7.71. The monoisotopic (exact) mass is 971 g/mol. The van der Waals surface area contributed by atoms with Gasteiger partial charge in [0.1, 0.15) is 13.2 Å². The number of unbranched alkanes of at least 4 members (excludes halogenated alkanes) is 25. The van der Waals surface area contributed by atoms with Crippen LogP contribution in [0, 0.1) is 0 Å². The molecule has 0 aromatic heterocycles. The van der Waals surface area contributed by atoms with Gasteiger partial charge < -0.3 is 28.8 Å². The molecule has 0 radical (unpaired) electrons. The molecule has 3 atom stereocenters. The SMILES string of the molecule is CC/C=C\C/C=C\C/C=C\C/C=C\CCCCCCC(=O)NC(COP(=O)([O-])OCC[N+](C)(C)C)C(O)/C=C/CC/C=C/CC/C=C/CCCCCCCCCCCCCCCCCCCCC. The maximum absolute atomic E-state index is 12.9. The lowest BCUT2D eigenvalue weighted by Gasteiger charge is -2.29. The molecule has 0 aliphatic rings. The Balaban J connectivity index is 4.31. The lowest BCUT2D eigenvalue weighted by Crippen LogP contribution is -2.45. The zero-order valence-electron chi connectivity index (χ0n) is 44.8. The van der Waals surface area contributed by atoms with E-state index in [1.54, 1.807) is 6.08 Å². The summed E-state index contributed by atoms with van der Waals surface area (Å²) in [6.07, 6.45) is 69.6. The van der Waals surface area contributed by atoms with Crippen molar-refractivity contribution in [1.29, 1.82) is 0 Å². The fraction of sp³-hybridized carbons (Fsp3) is 0.746. The Morgan fingerprint density at radius 3 is 1.37 bits per heavy atom. The highest BCUT2D eigenvalue weighted by molar-refractivity contribution is 7.45. The minimum absolute atomic E-state index is 0.0184. The number of phosphoric ester groups is 1. The molecular formula is C59H107N2O6P. The van der Waals surface area contributed by atoms with E-state index in [4.69, 9.17) is 9.05 Å². The third-order valence-corrected chi connectivity index (χ3v) is 13.0. The van der Waals surface area contributed by atoms with Crippen molar-refractivity contribution in [3.63, 3.8) is 0 Å². The van der Waals surface area contributed by atoms with E-state index in [1.807, 2.05) is 27.2 Å². The summed E-state index contributed by atoms with van der Waals surface area (Å²) >= 11 is 0. The van der Waals surface area contributed by atoms with E-state index in [1.165, 1.54) is 128 Å². The number of carbonyl (C=O) groups excluding carboxylic acids is 1. The lowest BCUT2D eigenvalue weighted by atomic mass is 10.0. The van der Waals surface area contributed by atoms with Crippen LogP contribution in [0.25, 0.3) is 0 Å². The molecular weight excluding hydrogens is 864 g/mol. The van der Waals surface area contributed by atoms with E-state index < -0.39 is 26.6 Å². The van der Waals surface area contributed by atoms with Gasteiger partial charge in [0.25, 0.3) is 7.82 Å². The molecule has 0 aliphatic heterocycles. The Morgan fingerprint density at radius 1 is 0.529 bits per heavy atom. The van der Waals surface area contributed by atoms with Crippen LogP contribution in [0.2, 0.25) is 0 Å². The number of nitrogens with one attached hydrogen (secondary N) is 1. The molecule has 3 unspecified atom stereocenters. The largest absolute Gasteiger partial charge is 0.756 e. The average molecular weight is 971 g/mol. The molecule has 1 amide bonds. The number of quaternary nitrogens is 1. The van der Waals surface area contributed by atoms with Gasteiger partial charge in [0.05, 0.1) is 39.9 Å². The van der Waals surface area contributed by atoms with Gasteiger partial charge in [-0.1, -0.05) is 227 Å². The molecule has 0 saturated heterocycles. The Bertz CT molecular complexity index is 1380. The fourth-order valence-corrected chi connectivity index (χ4v) is 8.43. The van der Waals surface area contributed by atoms with Crippen LogP contribution in [0.15, 0.2) is 85.1 Å². The van der Waals surface area contributed by atoms with E-state index in [0.29, 0.717) is 17.4 Å². The summed E-state index contributed by atoms with van der Waals surface area (Å²) in [7, 11) is 1.21. The highest BCUT2D eigenvalue weighted by Crippen LogP contribution is 2.38. The number of phosphoric acid groups is 1. The summed E-state index contributed by atoms with van der Waals surface area (Å²) in [6, 6.07) is -0.928. The van der Waals surface area contributed by atoms with Gasteiger partial charge in [0, 0.05) is 6.42 Å². The van der Waals surface area contributed by atoms with Crippen LogP contribution in [-0.2, 0) is 18.4 Å². The smallest absolute Gasteiger partial charge is 0.268 e. The second kappa shape index (κ2) is 49.7. The Hall–Kier alpha value is -2.32. The van der Waals surface area contributed by atoms with Crippen molar-refractivity contribution in [2.24, 2.45) is 0 Å². The zero-order valence-corrected chi connectivity index (χ0v) is 45.7. The van der Waals surface area contributed by atoms with Gasteiger partial charge in [-0.3, -0.25) is 9.36 Å². The maximum atomic E-state index is 12.9. The van der Waals surface area contributed by atoms with Gasteiger partial charge in [-0.05, 0) is 83.5 Å². The van der Waals surface area contributed by atoms with E-state index in [9.17, 15) is 19.4 Å². The average Bonchev–Trinajstić information content (AvgIpc) is 3.30. The van der Waals surface area contributed by atoms with Crippen LogP contribution in [0.1, 0.15) is 232 Å². The van der Waals surface area contributed by atoms with Crippen molar-refractivity contribution in [2.75, 3.05) is 40.9 Å². The molecule has 9 heteroatoms. The number of carbonyl (C=O) groups is 1. The minimum atomic E-state index is -4.62. The van der Waals surface area contributed by atoms with Crippen molar-refractivity contribution in [2.45, 2.75) is 244 Å². The first-order chi connectivity index (χ1) is 33.0. The maximum Gasteiger partial charge on any atom is 0.268 e. The van der Waals surface area contributed by atoms with Crippen molar-refractivity contribution in [3.8, 4) is 0 Å². The molecule has 394 valence electrons. The highest BCUT2D eigenvalue weighted by atomic mass is 31.2. The number of hydrogen-bond donors (Lipinski definition) is 2. The van der Waals surface area contributed by atoms with Gasteiger partial charge in [-0.25, -0.2) is 0 Å². The predicted octanol–water partition coefficient (Wildman–Crippen LogP) is 16.2. The van der Waals surface area contributed by atoms with E-state index >= 15 is 0 Å². The number of hydrogen-bond acceptors (Lipinski definition) is 6. The first-order valence-electron chi connectivity index (χ1n) is 27.9. The van der Waals surface area contributed by atoms with Crippen LogP contribution >= 0.6 is 7.82 Å². The topological polar surface area (TPSA) is 108 Å². The van der Waals surface area contributed by atoms with E-state index in [2.05, 4.69) is 92.1 Å². The standard InChI is InChI=1S/C59H107N2O6P/c1-6-8-10-12-14-16-18-20-22-24-25-26-27-28-29-30-31-32-33-34-35-37-38-40-42-44-46-48-50-52-58(62)57(56-67-68(64,65)66-55-54-61(3,4)5)60-59(63)53-51-49-47-45-43-41-39-36-23-21-19-17-15-13-11-9-7-2/h9,11,15,17,21,23,35,37,39,41-42,44,50,52,57-58,62H,6-8,10,12-14,16,18-20,22,24-34,36,38,40,43,45-49,51,53-56H2,1-5H3,(H-,60,63,64,65)/b11-9-,17-15-,23-21-,37-35+,41-39-,44-42+,52-50+. The quantitative estimate of drug-likeness (QED) is 0.0272. The number of rotatable bonds is 50. The molecule has 68 heavy (non-hydrogen) atoms. The van der Waals surface area contributed by atoms with Crippen molar-refractivity contribution >= 4 is 13.7 Å². The molecule has 8 nitrogen and oxygen atoms in total. The molecule has 0 aliphatic carbocycles. The second-order valence-corrected chi connectivity index (χ2v) is 21.3. The van der Waals surface area contributed by atoms with Crippen LogP contribution < -0.4 is 10.2 Å². The van der Waals surface area contributed by atoms with Crippen molar-refractivity contribution in [1.82, 2.24) is 5.32 Å². The summed E-state index contributed by atoms with van der Waals surface area (Å²) in [6.45, 7) is 4.49. The van der Waals surface area contributed by atoms with Crippen LogP contribution in [0.4, 0.5) is 0 Å². The van der Waals surface area contributed by atoms with Crippen LogP contribution in [0.3, 0.4) is 0 Å². The Labute approximate surface area is 420 Å². The molecule has 0 saturated carbocycles. The Morgan fingerprint density at radius 2 is 0.912 bits per heavy atom. The summed E-state index contributed by atoms with van der Waals surface area (Å²) in [5, 5.41) is 13.8. The zero-order chi connectivity index (χ0) is 49.9. The third kappa shape index (κ3) is 51.5. The van der Waals surface area contributed by atoms with E-state index in [-0.39, 0.29) is 12.5 Å². The summed E-state index contributed by atoms with van der Waals surface area (Å²) in [5.41, 5.74) is 0. The van der Waals surface area contributed by atoms with Gasteiger partial charge in [0.2, 0.25) is 5.91 Å². The first-order valence-corrected chi connectivity index (χ1v) is 29.4. The highest BCUT2D eigenvalue weighted by Gasteiger charge is 2.23. The number of aliphatic hydroxyl groups excluding tert-OH is 1. The molecule has 2 N–H and O–H groups in total. The number of aliphatic hydroxyl groups is 1. The second-order valence-electron chi connectivity index (χ2n) is 19.9. The van der Waals surface area contributed by atoms with Gasteiger partial charge in [0.15, 0.2) is 0 Å². The normalized spacial score (nSPS) is 14.6. The Kier molecular flexibility index (Phi) is 48.0. The lowest BCUT2D eigenvalue weighted by molar-refractivity contribution is -0.870. The van der Waals surface area contributed by atoms with Crippen LogP contribution in [0.5, 0.6) is 0 Å². The van der Waals surface area contributed by atoms with Crippen molar-refractivity contribution in [3.05, 3.63) is 85.1 Å². The molecule has 0 aromatic rings. The number of allylic oxidation sites excluding steroid dienone is 13. The van der Waals surface area contributed by atoms with Gasteiger partial charge in [-0.2, -0.15) is 0 Å². The van der Waals surface area contributed by atoms with E-state index in [0.717, 1.165) is 83.5 Å². The van der Waals surface area contributed by atoms with Gasteiger partial charge >= 0.3 is 0 Å². The molecule has 0 heterocycles. The molecule has 0 fully saturated rings. The summed E-state index contributed by atoms with van der Waals surface area (Å²) < 4.78 is 23.3. The first kappa shape index (κ1) is 65.7. The molecule has 0 spiro atoms. The van der Waals surface area contributed by atoms with Crippen LogP contribution in [-0.4, -0.2) is 68.5 Å². The number of likely N-dealkylation sites (N-methyl/N-ethyl adjacent to an activating group) is 1. The van der Waals surface area contributed by atoms with Crippen molar-refractivity contribution < 1.29 is 32.9 Å². The number of amides is 1. The third-order valence-electron chi connectivity index (χ3n) is 12.1. The minimum Gasteiger partial charge on any atom is -0.756 e. The van der Waals surface area contributed by atoms with Gasteiger partial charge in [-0.15, -0.1) is 0 Å². The molecule has 0 rings (SSSR count). The summed E-state index contributed by atoms with van der Waals surface area (Å²) in [5.74, 6) is -0.237. The summed E-state index contributed by atoms with van der Waals surface area (Å²) in [4.78, 5) is 25.4. The molecule has 0 aromatic carbocycles. The predicted molar refractivity (Wildman–Crippen MR) is 293 cm³/mol. The number of nitrogens with zero attached hydrogens (tertiary/aromatic N) is 1. The molecule has 0 bridgehead atoms.